The van der Waals surface area contributed by atoms with Gasteiger partial charge >= 0.3 is 0 Å². The summed E-state index contributed by atoms with van der Waals surface area (Å²) >= 11 is 0. The van der Waals surface area contributed by atoms with Gasteiger partial charge in [0.1, 0.15) is 12.3 Å². The fourth-order valence-corrected chi connectivity index (χ4v) is 2.68. The molecule has 6 heteroatoms. The Hall–Kier alpha value is -3.28. The van der Waals surface area contributed by atoms with Crippen molar-refractivity contribution in [3.05, 3.63) is 66.4 Å². The molecule has 0 fully saturated rings. The summed E-state index contributed by atoms with van der Waals surface area (Å²) in [7, 11) is 0. The summed E-state index contributed by atoms with van der Waals surface area (Å²) in [6, 6.07) is 16.7. The number of amides is 2. The van der Waals surface area contributed by atoms with Crippen molar-refractivity contribution in [1.29, 1.82) is 0 Å². The van der Waals surface area contributed by atoms with E-state index in [4.69, 9.17) is 4.74 Å². The van der Waals surface area contributed by atoms with Gasteiger partial charge in [0.15, 0.2) is 0 Å². The molecule has 1 heterocycles. The molecule has 3 aromatic rings. The number of nitrogens with zero attached hydrogens (tertiary/aromatic N) is 1. The predicted molar refractivity (Wildman–Crippen MR) is 99.8 cm³/mol. The summed E-state index contributed by atoms with van der Waals surface area (Å²) in [5, 5.41) is 1.06. The monoisotopic (exact) mass is 351 g/mol. The van der Waals surface area contributed by atoms with Gasteiger partial charge in [-0.25, -0.2) is 0 Å². The Morgan fingerprint density at radius 2 is 1.73 bits per heavy atom. The van der Waals surface area contributed by atoms with Crippen LogP contribution in [0.4, 0.5) is 0 Å². The maximum atomic E-state index is 12.4. The lowest BCUT2D eigenvalue weighted by Crippen LogP contribution is -2.43. The van der Waals surface area contributed by atoms with E-state index in [1.54, 1.807) is 24.3 Å². The minimum absolute atomic E-state index is 0.0550. The Kier molecular flexibility index (Phi) is 5.22. The molecule has 0 aliphatic rings. The molecule has 26 heavy (non-hydrogen) atoms. The minimum atomic E-state index is -0.424. The van der Waals surface area contributed by atoms with E-state index in [0.29, 0.717) is 11.3 Å². The van der Waals surface area contributed by atoms with Gasteiger partial charge in [-0.2, -0.15) is 0 Å². The molecule has 0 bridgehead atoms. The van der Waals surface area contributed by atoms with Gasteiger partial charge in [0.2, 0.25) is 0 Å². The molecule has 0 spiro atoms. The molecule has 1 aromatic heterocycles. The third kappa shape index (κ3) is 4.03. The van der Waals surface area contributed by atoms with Crippen LogP contribution in [0.2, 0.25) is 0 Å². The molecule has 134 valence electrons. The molecule has 0 atom stereocenters. The number of hydrogen-bond acceptors (Lipinski definition) is 3. The Labute approximate surface area is 151 Å². The molecule has 2 amide bonds. The van der Waals surface area contributed by atoms with E-state index in [1.165, 1.54) is 0 Å². The smallest absolute Gasteiger partial charge is 0.273 e. The lowest BCUT2D eigenvalue weighted by molar-refractivity contribution is -0.122. The van der Waals surface area contributed by atoms with Crippen LogP contribution >= 0.6 is 0 Å². The number of hydrazine groups is 1. The average Bonchev–Trinajstić information content (AvgIpc) is 3.03. The first-order valence-electron chi connectivity index (χ1n) is 8.43. The third-order valence-corrected chi connectivity index (χ3v) is 3.80. The quantitative estimate of drug-likeness (QED) is 0.694. The second-order valence-electron chi connectivity index (χ2n) is 6.17. The van der Waals surface area contributed by atoms with Crippen molar-refractivity contribution >= 4 is 22.7 Å². The van der Waals surface area contributed by atoms with Gasteiger partial charge in [-0.1, -0.05) is 30.3 Å². The van der Waals surface area contributed by atoms with Crippen molar-refractivity contribution in [3.63, 3.8) is 0 Å². The Morgan fingerprint density at radius 3 is 2.54 bits per heavy atom. The minimum Gasteiger partial charge on any atom is -0.490 e. The summed E-state index contributed by atoms with van der Waals surface area (Å²) in [5.74, 6) is -0.264. The van der Waals surface area contributed by atoms with Crippen LogP contribution in [-0.4, -0.2) is 22.5 Å². The summed E-state index contributed by atoms with van der Waals surface area (Å²) in [5.41, 5.74) is 6.22. The number of aromatic nitrogens is 1. The molecule has 0 saturated carbocycles. The molecule has 2 N–H and O–H groups in total. The van der Waals surface area contributed by atoms with E-state index in [2.05, 4.69) is 10.9 Å². The van der Waals surface area contributed by atoms with Gasteiger partial charge in [0, 0.05) is 11.7 Å². The van der Waals surface area contributed by atoms with Gasteiger partial charge in [-0.05, 0) is 43.5 Å². The summed E-state index contributed by atoms with van der Waals surface area (Å²) in [4.78, 5) is 24.5. The standard InChI is InChI=1S/C20H21N3O3/c1-14(2)26-18-10-6-4-8-16(18)20(25)22-21-19(24)13-23-12-11-15-7-3-5-9-17(15)23/h3-12,14H,13H2,1-2H3,(H,21,24)(H,22,25). The van der Waals surface area contributed by atoms with E-state index in [0.717, 1.165) is 10.9 Å². The van der Waals surface area contributed by atoms with E-state index < -0.39 is 5.91 Å². The number of carbonyl (C=O) groups is 2. The summed E-state index contributed by atoms with van der Waals surface area (Å²) in [6.07, 6.45) is 1.79. The van der Waals surface area contributed by atoms with Crippen molar-refractivity contribution in [1.82, 2.24) is 15.4 Å². The van der Waals surface area contributed by atoms with Gasteiger partial charge in [0.25, 0.3) is 11.8 Å². The van der Waals surface area contributed by atoms with E-state index in [1.807, 2.05) is 54.9 Å². The van der Waals surface area contributed by atoms with Crippen LogP contribution < -0.4 is 15.6 Å². The van der Waals surface area contributed by atoms with Crippen molar-refractivity contribution in [3.8, 4) is 5.75 Å². The van der Waals surface area contributed by atoms with E-state index in [9.17, 15) is 9.59 Å². The Morgan fingerprint density at radius 1 is 1.00 bits per heavy atom. The van der Waals surface area contributed by atoms with Crippen LogP contribution in [0.25, 0.3) is 10.9 Å². The fourth-order valence-electron chi connectivity index (χ4n) is 2.68. The predicted octanol–water partition coefficient (Wildman–Crippen LogP) is 2.89. The summed E-state index contributed by atoms with van der Waals surface area (Å²) < 4.78 is 7.46. The molecule has 6 nitrogen and oxygen atoms in total. The Bertz CT molecular complexity index is 931. The zero-order valence-corrected chi connectivity index (χ0v) is 14.7. The first-order chi connectivity index (χ1) is 12.5. The van der Waals surface area contributed by atoms with Gasteiger partial charge in [0.05, 0.1) is 11.7 Å². The first-order valence-corrected chi connectivity index (χ1v) is 8.43. The van der Waals surface area contributed by atoms with Crippen molar-refractivity contribution < 1.29 is 14.3 Å². The van der Waals surface area contributed by atoms with Crippen LogP contribution in [0.5, 0.6) is 5.75 Å². The summed E-state index contributed by atoms with van der Waals surface area (Å²) in [6.45, 7) is 3.88. The molecule has 0 unspecified atom stereocenters. The molecule has 0 aliphatic carbocycles. The largest absolute Gasteiger partial charge is 0.490 e. The SMILES string of the molecule is CC(C)Oc1ccccc1C(=O)NNC(=O)Cn1ccc2ccccc21. The number of nitrogens with one attached hydrogen (secondary N) is 2. The van der Waals surface area contributed by atoms with Crippen LogP contribution in [0.1, 0.15) is 24.2 Å². The highest BCUT2D eigenvalue weighted by Gasteiger charge is 2.14. The highest BCUT2D eigenvalue weighted by Crippen LogP contribution is 2.19. The first kappa shape index (κ1) is 17.5. The lowest BCUT2D eigenvalue weighted by Gasteiger charge is -2.14. The number of benzene rings is 2. The highest BCUT2D eigenvalue weighted by atomic mass is 16.5. The number of rotatable bonds is 5. The molecule has 2 aromatic carbocycles. The number of para-hydroxylation sites is 2. The number of carbonyl (C=O) groups excluding carboxylic acids is 2. The number of hydrogen-bond donors (Lipinski definition) is 2. The zero-order valence-electron chi connectivity index (χ0n) is 14.7. The third-order valence-electron chi connectivity index (χ3n) is 3.80. The van der Waals surface area contributed by atoms with Crippen molar-refractivity contribution in [2.24, 2.45) is 0 Å². The fraction of sp³-hybridized carbons (Fsp3) is 0.200. The lowest BCUT2D eigenvalue weighted by atomic mass is 10.2. The second kappa shape index (κ2) is 7.74. The average molecular weight is 351 g/mol. The Balaban J connectivity index is 1.62. The zero-order chi connectivity index (χ0) is 18.5. The number of fused-ring (bicyclic) bond motifs is 1. The second-order valence-corrected chi connectivity index (χ2v) is 6.17. The van der Waals surface area contributed by atoms with Crippen LogP contribution in [0.15, 0.2) is 60.8 Å². The van der Waals surface area contributed by atoms with Crippen LogP contribution in [-0.2, 0) is 11.3 Å². The molecule has 0 aliphatic heterocycles. The molecule has 0 saturated heterocycles. The van der Waals surface area contributed by atoms with Crippen LogP contribution in [0.3, 0.4) is 0 Å². The number of ether oxygens (including phenoxy) is 1. The normalized spacial score (nSPS) is 10.7. The van der Waals surface area contributed by atoms with Crippen molar-refractivity contribution in [2.75, 3.05) is 0 Å². The van der Waals surface area contributed by atoms with Gasteiger partial charge in [-0.3, -0.25) is 20.4 Å². The maximum Gasteiger partial charge on any atom is 0.273 e. The highest BCUT2D eigenvalue weighted by molar-refractivity contribution is 5.97. The maximum absolute atomic E-state index is 12.4. The molecular formula is C20H21N3O3. The molecular weight excluding hydrogens is 330 g/mol. The van der Waals surface area contributed by atoms with Crippen molar-refractivity contribution in [2.45, 2.75) is 26.5 Å². The molecule has 3 rings (SSSR count). The molecule has 0 radical (unpaired) electrons. The van der Waals surface area contributed by atoms with Crippen LogP contribution in [0, 0.1) is 0 Å². The van der Waals surface area contributed by atoms with E-state index in [-0.39, 0.29) is 18.6 Å². The van der Waals surface area contributed by atoms with Gasteiger partial charge in [-0.15, -0.1) is 0 Å². The van der Waals surface area contributed by atoms with Gasteiger partial charge < -0.3 is 9.30 Å². The topological polar surface area (TPSA) is 72.4 Å². The van der Waals surface area contributed by atoms with E-state index >= 15 is 0 Å².